The number of phenols is 1. The van der Waals surface area contributed by atoms with Gasteiger partial charge in [-0.1, -0.05) is 6.04 Å². The third-order valence-corrected chi connectivity index (χ3v) is 2.77. The van der Waals surface area contributed by atoms with Crippen LogP contribution < -0.4 is 4.74 Å². The van der Waals surface area contributed by atoms with Crippen molar-refractivity contribution in [3.8, 4) is 11.5 Å². The van der Waals surface area contributed by atoms with Crippen LogP contribution >= 0.6 is 22.6 Å². The fraction of sp³-hybridized carbons (Fsp3) is 0.333. The summed E-state index contributed by atoms with van der Waals surface area (Å²) in [6, 6.07) is 6.25. The average molecular weight is 305 g/mol. The Kier molecular flexibility index (Phi) is 4.58. The third kappa shape index (κ3) is 3.56. The minimum Gasteiger partial charge on any atom is -0.507 e. The fourth-order valence-corrected chi connectivity index (χ4v) is 1.32. The molecule has 4 heteroatoms. The summed E-state index contributed by atoms with van der Waals surface area (Å²) in [7, 11) is 3.36. The summed E-state index contributed by atoms with van der Waals surface area (Å²) in [5.74, 6) is 0.995. The van der Waals surface area contributed by atoms with Crippen LogP contribution in [0.1, 0.15) is 6.42 Å². The Bertz CT molecular complexity index is 278. The maximum Gasteiger partial charge on any atom is 0.132 e. The van der Waals surface area contributed by atoms with Gasteiger partial charge in [0.05, 0.1) is 10.2 Å². The molecule has 1 aromatic rings. The maximum absolute atomic E-state index is 9.36. The average Bonchev–Trinajstić information content (AvgIpc) is 2.12. The highest BCUT2D eigenvalue weighted by Crippen LogP contribution is 2.24. The Labute approximate surface area is 94.9 Å². The lowest BCUT2D eigenvalue weighted by Crippen LogP contribution is -1.96. The quantitative estimate of drug-likeness (QED) is 0.526. The first kappa shape index (κ1) is 10.8. The minimum absolute atomic E-state index is 0.275. The number of hydrogen-bond donors (Lipinski definition) is 1. The molecule has 1 N–H and O–H groups in total. The predicted octanol–water partition coefficient (Wildman–Crippen LogP) is 2.35. The smallest absolute Gasteiger partial charge is 0.132 e. The highest BCUT2D eigenvalue weighted by atomic mass is 127. The van der Waals surface area contributed by atoms with Gasteiger partial charge in [0.2, 0.25) is 0 Å². The summed E-state index contributed by atoms with van der Waals surface area (Å²) in [6.07, 6.45) is 0.962. The topological polar surface area (TPSA) is 29.5 Å². The van der Waals surface area contributed by atoms with Crippen LogP contribution in [0.4, 0.5) is 0 Å². The van der Waals surface area contributed by atoms with E-state index in [0.29, 0.717) is 6.61 Å². The Balaban J connectivity index is 2.53. The molecule has 0 aromatic heterocycles. The van der Waals surface area contributed by atoms with Gasteiger partial charge in [-0.05, 0) is 41.1 Å². The molecule has 0 aliphatic rings. The molecule has 0 saturated carbocycles. The van der Waals surface area contributed by atoms with Gasteiger partial charge in [0.25, 0.3) is 0 Å². The second-order valence-corrected chi connectivity index (χ2v) is 4.23. The number of hydrogen-bond acceptors (Lipinski definition) is 2. The van der Waals surface area contributed by atoms with E-state index in [0.717, 1.165) is 21.8 Å². The molecule has 13 heavy (non-hydrogen) atoms. The summed E-state index contributed by atoms with van der Waals surface area (Å²) >= 11 is 2.07. The third-order valence-electron chi connectivity index (χ3n) is 1.51. The molecule has 0 unspecified atom stereocenters. The fourth-order valence-electron chi connectivity index (χ4n) is 0.844. The molecule has 69 valence electrons. The SMILES string of the molecule is Oc1cc(OCCC[Si])ccc1I. The van der Waals surface area contributed by atoms with Crippen molar-refractivity contribution in [1.29, 1.82) is 0 Å². The molecule has 0 atom stereocenters. The number of aromatic hydroxyl groups is 1. The van der Waals surface area contributed by atoms with Crippen LogP contribution in [-0.2, 0) is 0 Å². The van der Waals surface area contributed by atoms with Crippen LogP contribution in [0.2, 0.25) is 6.04 Å². The summed E-state index contributed by atoms with van der Waals surface area (Å²) in [5, 5.41) is 9.36. The van der Waals surface area contributed by atoms with Gasteiger partial charge in [0.1, 0.15) is 11.5 Å². The summed E-state index contributed by atoms with van der Waals surface area (Å²) in [6.45, 7) is 0.670. The largest absolute Gasteiger partial charge is 0.507 e. The summed E-state index contributed by atoms with van der Waals surface area (Å²) in [5.41, 5.74) is 0. The van der Waals surface area contributed by atoms with Gasteiger partial charge in [-0.2, -0.15) is 0 Å². The van der Waals surface area contributed by atoms with Gasteiger partial charge in [-0.15, -0.1) is 0 Å². The van der Waals surface area contributed by atoms with Gasteiger partial charge >= 0.3 is 0 Å². The number of phenolic OH excluding ortho intramolecular Hbond substituents is 1. The van der Waals surface area contributed by atoms with Crippen LogP contribution in [0.15, 0.2) is 18.2 Å². The Morgan fingerprint density at radius 1 is 1.46 bits per heavy atom. The zero-order chi connectivity index (χ0) is 9.68. The lowest BCUT2D eigenvalue weighted by Gasteiger charge is -2.05. The van der Waals surface area contributed by atoms with E-state index in [1.807, 2.05) is 12.1 Å². The molecule has 2 nitrogen and oxygen atoms in total. The zero-order valence-corrected chi connectivity index (χ0v) is 10.2. The predicted molar refractivity (Wildman–Crippen MR) is 61.5 cm³/mol. The van der Waals surface area contributed by atoms with Crippen LogP contribution in [0.3, 0.4) is 0 Å². The van der Waals surface area contributed by atoms with E-state index in [1.165, 1.54) is 0 Å². The number of halogens is 1. The summed E-state index contributed by atoms with van der Waals surface area (Å²) < 4.78 is 6.23. The normalized spacial score (nSPS) is 10.0. The van der Waals surface area contributed by atoms with Gasteiger partial charge in [0, 0.05) is 16.3 Å². The van der Waals surface area contributed by atoms with E-state index in [-0.39, 0.29) is 5.75 Å². The lowest BCUT2D eigenvalue weighted by molar-refractivity contribution is 0.315. The van der Waals surface area contributed by atoms with Crippen molar-refractivity contribution in [3.05, 3.63) is 21.8 Å². The monoisotopic (exact) mass is 305 g/mol. The molecule has 0 amide bonds. The second kappa shape index (κ2) is 5.49. The van der Waals surface area contributed by atoms with E-state index in [9.17, 15) is 5.11 Å². The van der Waals surface area contributed by atoms with Crippen molar-refractivity contribution >= 4 is 32.8 Å². The van der Waals surface area contributed by atoms with Crippen LogP contribution in [0, 0.1) is 3.57 Å². The number of ether oxygens (including phenoxy) is 1. The first-order valence-corrected chi connectivity index (χ1v) is 5.78. The van der Waals surface area contributed by atoms with Crippen LogP contribution in [-0.4, -0.2) is 22.0 Å². The molecule has 0 aliphatic heterocycles. The van der Waals surface area contributed by atoms with Crippen molar-refractivity contribution in [2.45, 2.75) is 12.5 Å². The van der Waals surface area contributed by atoms with Crippen molar-refractivity contribution < 1.29 is 9.84 Å². The highest BCUT2D eigenvalue weighted by Gasteiger charge is 1.99. The Morgan fingerprint density at radius 3 is 2.85 bits per heavy atom. The van der Waals surface area contributed by atoms with E-state index < -0.39 is 0 Å². The van der Waals surface area contributed by atoms with Gasteiger partial charge in [-0.25, -0.2) is 0 Å². The van der Waals surface area contributed by atoms with Crippen LogP contribution in [0.5, 0.6) is 11.5 Å². The first-order valence-electron chi connectivity index (χ1n) is 4.00. The molecule has 1 aromatic carbocycles. The van der Waals surface area contributed by atoms with Gasteiger partial charge in [0.15, 0.2) is 0 Å². The molecule has 3 radical (unpaired) electrons. The number of benzene rings is 1. The molecular formula is C9H10IO2Si. The maximum atomic E-state index is 9.36. The second-order valence-electron chi connectivity index (χ2n) is 2.57. The van der Waals surface area contributed by atoms with Crippen molar-refractivity contribution in [3.63, 3.8) is 0 Å². The molecule has 0 heterocycles. The highest BCUT2D eigenvalue weighted by molar-refractivity contribution is 14.1. The molecule has 1 rings (SSSR count). The molecule has 0 spiro atoms. The molecule has 0 aliphatic carbocycles. The van der Waals surface area contributed by atoms with Gasteiger partial charge < -0.3 is 9.84 Å². The van der Waals surface area contributed by atoms with E-state index in [1.54, 1.807) is 6.07 Å². The van der Waals surface area contributed by atoms with E-state index in [4.69, 9.17) is 4.74 Å². The lowest BCUT2D eigenvalue weighted by atomic mass is 10.3. The standard InChI is InChI=1S/C9H10IO2Si/c10-8-3-2-7(6-9(8)11)12-4-1-5-13/h2-3,6,11H,1,4-5H2. The van der Waals surface area contributed by atoms with E-state index >= 15 is 0 Å². The minimum atomic E-state index is 0.275. The van der Waals surface area contributed by atoms with Crippen LogP contribution in [0.25, 0.3) is 0 Å². The zero-order valence-electron chi connectivity index (χ0n) is 7.09. The van der Waals surface area contributed by atoms with E-state index in [2.05, 4.69) is 32.8 Å². The van der Waals surface area contributed by atoms with Gasteiger partial charge in [-0.3, -0.25) is 0 Å². The first-order chi connectivity index (χ1) is 6.24. The molecular weight excluding hydrogens is 295 g/mol. The summed E-state index contributed by atoms with van der Waals surface area (Å²) in [4.78, 5) is 0. The van der Waals surface area contributed by atoms with Crippen molar-refractivity contribution in [2.75, 3.05) is 6.61 Å². The van der Waals surface area contributed by atoms with Crippen molar-refractivity contribution in [1.82, 2.24) is 0 Å². The Hall–Kier alpha value is -0.233. The molecule has 0 saturated heterocycles. The number of rotatable bonds is 4. The molecule has 0 fully saturated rings. The molecule has 0 bridgehead atoms. The van der Waals surface area contributed by atoms with Crippen molar-refractivity contribution in [2.24, 2.45) is 0 Å². The Morgan fingerprint density at radius 2 is 2.23 bits per heavy atom.